The van der Waals surface area contributed by atoms with Crippen LogP contribution in [0.2, 0.25) is 0 Å². The van der Waals surface area contributed by atoms with Crippen LogP contribution in [0.25, 0.3) is 0 Å². The molecule has 2 aromatic carbocycles. The lowest BCUT2D eigenvalue weighted by molar-refractivity contribution is 0.150. The molecular weight excluding hydrogens is 966 g/mol. The van der Waals surface area contributed by atoms with E-state index in [2.05, 4.69) is 136 Å². The lowest BCUT2D eigenvalue weighted by Crippen LogP contribution is -2.16. The highest BCUT2D eigenvalue weighted by atomic mass is 127. The molecular formula is C13H4I6O3. The Bertz CT molecular complexity index is 639. The van der Waals surface area contributed by atoms with Gasteiger partial charge in [0.2, 0.25) is 0 Å². The summed E-state index contributed by atoms with van der Waals surface area (Å²) in [6, 6.07) is 7.79. The molecule has 0 saturated carbocycles. The van der Waals surface area contributed by atoms with Crippen molar-refractivity contribution in [2.75, 3.05) is 0 Å². The van der Waals surface area contributed by atoms with Crippen LogP contribution in [0.1, 0.15) is 0 Å². The van der Waals surface area contributed by atoms with Crippen LogP contribution < -0.4 is 9.47 Å². The molecule has 0 aliphatic rings. The zero-order valence-corrected chi connectivity index (χ0v) is 23.2. The first kappa shape index (κ1) is 20.4. The summed E-state index contributed by atoms with van der Waals surface area (Å²) in [4.78, 5) is 12.1. The zero-order valence-electron chi connectivity index (χ0n) is 10.3. The van der Waals surface area contributed by atoms with Gasteiger partial charge in [-0.3, -0.25) is 0 Å². The molecule has 0 unspecified atom stereocenters. The first-order valence-electron chi connectivity index (χ1n) is 5.46. The highest BCUT2D eigenvalue weighted by Crippen LogP contribution is 2.32. The minimum Gasteiger partial charge on any atom is -0.392 e. The number of carbonyl (C=O) groups is 1. The smallest absolute Gasteiger partial charge is 0.392 e. The molecule has 0 aromatic heterocycles. The third-order valence-electron chi connectivity index (χ3n) is 2.30. The molecule has 0 saturated heterocycles. The van der Waals surface area contributed by atoms with Gasteiger partial charge in [0, 0.05) is 7.14 Å². The van der Waals surface area contributed by atoms with Crippen LogP contribution in [0.3, 0.4) is 0 Å². The van der Waals surface area contributed by atoms with Gasteiger partial charge in [0.1, 0.15) is 0 Å². The molecule has 0 spiro atoms. The second kappa shape index (κ2) is 9.15. The van der Waals surface area contributed by atoms with Gasteiger partial charge >= 0.3 is 6.16 Å². The van der Waals surface area contributed by atoms with Gasteiger partial charge in [-0.2, -0.15) is 0 Å². The molecule has 3 nitrogen and oxygen atoms in total. The average Bonchev–Trinajstić information content (AvgIpc) is 2.38. The lowest BCUT2D eigenvalue weighted by atomic mass is 10.3. The van der Waals surface area contributed by atoms with Gasteiger partial charge in [0.15, 0.2) is 11.5 Å². The minimum absolute atomic E-state index is 0.530. The molecule has 0 bridgehead atoms. The summed E-state index contributed by atoms with van der Waals surface area (Å²) in [6.07, 6.45) is -0.728. The standard InChI is InChI=1S/C13H4I6O3/c14-5-1-7(16)11(8(17)2-5)21-13(20)22-12-9(18)3-6(15)4-10(12)19/h1-4H. The molecule has 0 fully saturated rings. The van der Waals surface area contributed by atoms with Gasteiger partial charge in [0.25, 0.3) is 0 Å². The summed E-state index contributed by atoms with van der Waals surface area (Å²) < 4.78 is 16.4. The summed E-state index contributed by atoms with van der Waals surface area (Å²) >= 11 is 13.0. The molecule has 9 heteroatoms. The summed E-state index contributed by atoms with van der Waals surface area (Å²) in [5.41, 5.74) is 0. The highest BCUT2D eigenvalue weighted by molar-refractivity contribution is 14.1. The normalized spacial score (nSPS) is 10.5. The molecule has 22 heavy (non-hydrogen) atoms. The molecule has 0 aliphatic heterocycles. The SMILES string of the molecule is O=C(Oc1c(I)cc(I)cc1I)Oc1c(I)cc(I)cc1I. The van der Waals surface area contributed by atoms with Crippen LogP contribution >= 0.6 is 136 Å². The maximum atomic E-state index is 12.1. The Balaban J connectivity index is 2.22. The first-order chi connectivity index (χ1) is 10.3. The summed E-state index contributed by atoms with van der Waals surface area (Å²) in [5, 5.41) is 0. The molecule has 0 atom stereocenters. The van der Waals surface area contributed by atoms with E-state index in [0.717, 1.165) is 21.4 Å². The van der Waals surface area contributed by atoms with Crippen LogP contribution in [0.4, 0.5) is 4.79 Å². The number of hydrogen-bond donors (Lipinski definition) is 0. The molecule has 2 aromatic rings. The number of carbonyl (C=O) groups excluding carboxylic acids is 1. The fourth-order valence-corrected chi connectivity index (χ4v) is 9.05. The third kappa shape index (κ3) is 5.55. The molecule has 0 N–H and O–H groups in total. The number of hydrogen-bond acceptors (Lipinski definition) is 3. The van der Waals surface area contributed by atoms with E-state index in [1.54, 1.807) is 0 Å². The Hall–Kier alpha value is 2.09. The van der Waals surface area contributed by atoms with Crippen molar-refractivity contribution in [2.45, 2.75) is 0 Å². The Morgan fingerprint density at radius 3 is 1.18 bits per heavy atom. The van der Waals surface area contributed by atoms with Crippen LogP contribution in [-0.4, -0.2) is 6.16 Å². The Morgan fingerprint density at radius 1 is 0.636 bits per heavy atom. The van der Waals surface area contributed by atoms with Crippen molar-refractivity contribution in [3.8, 4) is 11.5 Å². The second-order valence-electron chi connectivity index (χ2n) is 3.85. The van der Waals surface area contributed by atoms with E-state index in [1.807, 2.05) is 24.3 Å². The Labute approximate surface area is 209 Å². The number of rotatable bonds is 2. The zero-order chi connectivity index (χ0) is 16.4. The Kier molecular flexibility index (Phi) is 8.49. The quantitative estimate of drug-likeness (QED) is 0.187. The molecule has 0 aliphatic carbocycles. The van der Waals surface area contributed by atoms with Crippen molar-refractivity contribution in [1.29, 1.82) is 0 Å². The van der Waals surface area contributed by atoms with E-state index in [0.29, 0.717) is 11.5 Å². The Morgan fingerprint density at radius 2 is 0.909 bits per heavy atom. The largest absolute Gasteiger partial charge is 0.519 e. The maximum Gasteiger partial charge on any atom is 0.519 e. The van der Waals surface area contributed by atoms with Crippen molar-refractivity contribution in [3.05, 3.63) is 45.7 Å². The van der Waals surface area contributed by atoms with Crippen LogP contribution in [0, 0.1) is 21.4 Å². The van der Waals surface area contributed by atoms with Crippen LogP contribution in [-0.2, 0) is 0 Å². The maximum absolute atomic E-state index is 12.1. The van der Waals surface area contributed by atoms with Gasteiger partial charge in [-0.25, -0.2) is 4.79 Å². The number of benzene rings is 2. The van der Waals surface area contributed by atoms with Crippen LogP contribution in [0.15, 0.2) is 24.3 Å². The predicted octanol–water partition coefficient (Wildman–Crippen LogP) is 6.89. The van der Waals surface area contributed by atoms with E-state index in [-0.39, 0.29) is 0 Å². The van der Waals surface area contributed by atoms with E-state index >= 15 is 0 Å². The number of halogens is 6. The van der Waals surface area contributed by atoms with Crippen molar-refractivity contribution < 1.29 is 14.3 Å². The highest BCUT2D eigenvalue weighted by Gasteiger charge is 2.18. The lowest BCUT2D eigenvalue weighted by Gasteiger charge is -2.11. The summed E-state index contributed by atoms with van der Waals surface area (Å²) in [5.74, 6) is 1.06. The second-order valence-corrected chi connectivity index (χ2v) is 11.0. The van der Waals surface area contributed by atoms with E-state index in [1.165, 1.54) is 0 Å². The fraction of sp³-hybridized carbons (Fsp3) is 0. The molecule has 0 radical (unpaired) electrons. The summed E-state index contributed by atoms with van der Waals surface area (Å²) in [6.45, 7) is 0. The van der Waals surface area contributed by atoms with Gasteiger partial charge in [-0.05, 0) is 160 Å². The molecule has 0 amide bonds. The average molecular weight is 970 g/mol. The molecule has 2 rings (SSSR count). The fourth-order valence-electron chi connectivity index (χ4n) is 1.44. The first-order valence-corrected chi connectivity index (χ1v) is 11.9. The van der Waals surface area contributed by atoms with Crippen LogP contribution in [0.5, 0.6) is 11.5 Å². The minimum atomic E-state index is -0.728. The van der Waals surface area contributed by atoms with Gasteiger partial charge in [-0.1, -0.05) is 0 Å². The van der Waals surface area contributed by atoms with Crippen molar-refractivity contribution in [1.82, 2.24) is 0 Å². The van der Waals surface area contributed by atoms with Gasteiger partial charge < -0.3 is 9.47 Å². The van der Waals surface area contributed by atoms with Crippen molar-refractivity contribution in [3.63, 3.8) is 0 Å². The summed E-state index contributed by atoms with van der Waals surface area (Å²) in [7, 11) is 0. The topological polar surface area (TPSA) is 35.5 Å². The molecule has 116 valence electrons. The monoisotopic (exact) mass is 969 g/mol. The predicted molar refractivity (Wildman–Crippen MR) is 136 cm³/mol. The van der Waals surface area contributed by atoms with Crippen molar-refractivity contribution in [2.24, 2.45) is 0 Å². The van der Waals surface area contributed by atoms with E-state index in [9.17, 15) is 4.79 Å². The van der Waals surface area contributed by atoms with Gasteiger partial charge in [-0.15, -0.1) is 0 Å². The number of ether oxygens (including phenoxy) is 2. The van der Waals surface area contributed by atoms with E-state index < -0.39 is 6.16 Å². The van der Waals surface area contributed by atoms with Gasteiger partial charge in [0.05, 0.1) is 14.3 Å². The van der Waals surface area contributed by atoms with E-state index in [4.69, 9.17) is 9.47 Å². The molecule has 0 heterocycles. The van der Waals surface area contributed by atoms with Crippen molar-refractivity contribution >= 4 is 142 Å². The third-order valence-corrected chi connectivity index (χ3v) is 6.75.